The molecule has 0 N–H and O–H groups in total. The van der Waals surface area contributed by atoms with Crippen LogP contribution in [0, 0.1) is 6.92 Å². The highest BCUT2D eigenvalue weighted by Crippen LogP contribution is 2.60. The molecule has 1 heterocycles. The molecule has 5 aromatic rings. The van der Waals surface area contributed by atoms with Crippen molar-refractivity contribution in [3.8, 4) is 5.75 Å². The first kappa shape index (κ1) is 26.6. The average Bonchev–Trinajstić information content (AvgIpc) is 3.35. The smallest absolute Gasteiger partial charge is 0.331 e. The van der Waals surface area contributed by atoms with E-state index >= 15 is 4.57 Å². The Morgan fingerprint density at radius 3 is 1.61 bits per heavy atom. The van der Waals surface area contributed by atoms with Gasteiger partial charge in [0.15, 0.2) is 0 Å². The Balaban J connectivity index is 1.65. The number of rotatable bonds is 7. The highest BCUT2D eigenvalue weighted by atomic mass is 31.2. The topological polar surface area (TPSA) is 49.9 Å². The molecule has 6 heteroatoms. The Labute approximate surface area is 241 Å². The molecule has 0 spiro atoms. The van der Waals surface area contributed by atoms with Crippen LogP contribution in [0.5, 0.6) is 5.75 Å². The average molecular weight is 559 g/mol. The Bertz CT molecular complexity index is 1630. The lowest BCUT2D eigenvalue weighted by Crippen LogP contribution is -2.37. The number of carbonyl (C=O) groups excluding carboxylic acids is 1. The maximum atomic E-state index is 15.8. The molecule has 0 unspecified atom stereocenters. The van der Waals surface area contributed by atoms with Gasteiger partial charge >= 0.3 is 6.03 Å². The zero-order chi connectivity index (χ0) is 28.4. The lowest BCUT2D eigenvalue weighted by Gasteiger charge is -2.34. The summed E-state index contributed by atoms with van der Waals surface area (Å²) in [6, 6.07) is 43.1. The van der Waals surface area contributed by atoms with Gasteiger partial charge in [-0.25, -0.2) is 4.79 Å². The van der Waals surface area contributed by atoms with Crippen molar-refractivity contribution in [1.29, 1.82) is 0 Å². The number of urea groups is 1. The normalized spacial score (nSPS) is 17.1. The molecule has 0 radical (unpaired) electrons. The van der Waals surface area contributed by atoms with E-state index in [-0.39, 0.29) is 6.03 Å². The predicted octanol–water partition coefficient (Wildman–Crippen LogP) is 7.66. The molecule has 1 fully saturated rings. The highest BCUT2D eigenvalue weighted by molar-refractivity contribution is 7.77. The fourth-order valence-corrected chi connectivity index (χ4v) is 8.56. The Hall–Kier alpha value is -4.60. The van der Waals surface area contributed by atoms with E-state index in [1.807, 2.05) is 146 Å². The summed E-state index contributed by atoms with van der Waals surface area (Å²) in [7, 11) is -2.06. The minimum Gasteiger partial charge on any atom is -0.497 e. The molecule has 2 amide bonds. The molecule has 1 aliphatic rings. The maximum Gasteiger partial charge on any atom is 0.331 e. The number of carbonyl (C=O) groups is 1. The van der Waals surface area contributed by atoms with Gasteiger partial charge in [-0.15, -0.1) is 0 Å². The van der Waals surface area contributed by atoms with Crippen molar-refractivity contribution in [3.05, 3.63) is 156 Å². The second kappa shape index (κ2) is 11.1. The largest absolute Gasteiger partial charge is 0.497 e. The van der Waals surface area contributed by atoms with E-state index in [9.17, 15) is 4.79 Å². The van der Waals surface area contributed by atoms with Crippen LogP contribution in [0.15, 0.2) is 140 Å². The van der Waals surface area contributed by atoms with Crippen LogP contribution < -0.4 is 20.2 Å². The molecule has 204 valence electrons. The molecule has 1 aliphatic heterocycles. The standard InChI is InChI=1S/C35H31N2O3P/c1-26-18-20-28(21-19-26)34-33(27-12-6-3-7-13-27)36(29-22-24-30(40-2)25-23-29)35(38)37(34)41(39,31-14-8-4-9-15-31)32-16-10-5-11-17-32/h3-25,33-34H,1-2H3/t33-,34+/m1/s1. The Morgan fingerprint density at radius 1 is 0.610 bits per heavy atom. The van der Waals surface area contributed by atoms with Gasteiger partial charge in [-0.05, 0) is 66.6 Å². The van der Waals surface area contributed by atoms with Gasteiger partial charge in [-0.2, -0.15) is 0 Å². The number of anilines is 1. The SMILES string of the molecule is COc1ccc(N2C(=O)N(P(=O)(c3ccccc3)c3ccccc3)[C@@H](c3ccc(C)cc3)[C@H]2c2ccccc2)cc1. The molecular weight excluding hydrogens is 527 g/mol. The number of ether oxygens (including phenoxy) is 1. The minimum atomic E-state index is -3.67. The third kappa shape index (κ3) is 4.73. The van der Waals surface area contributed by atoms with Gasteiger partial charge in [0.05, 0.1) is 19.2 Å². The molecule has 0 bridgehead atoms. The van der Waals surface area contributed by atoms with Crippen molar-refractivity contribution >= 4 is 29.6 Å². The summed E-state index contributed by atoms with van der Waals surface area (Å²) in [5.74, 6) is 0.697. The summed E-state index contributed by atoms with van der Waals surface area (Å²) in [6.07, 6.45) is 0. The molecule has 0 aromatic heterocycles. The molecule has 0 aliphatic carbocycles. The minimum absolute atomic E-state index is 0.314. The number of amides is 2. The number of nitrogens with zero attached hydrogens (tertiary/aromatic N) is 2. The fourth-order valence-electron chi connectivity index (χ4n) is 5.66. The number of methoxy groups -OCH3 is 1. The summed E-state index contributed by atoms with van der Waals surface area (Å²) < 4.78 is 22.9. The van der Waals surface area contributed by atoms with Crippen molar-refractivity contribution in [3.63, 3.8) is 0 Å². The van der Waals surface area contributed by atoms with Gasteiger partial charge in [0.25, 0.3) is 0 Å². The fraction of sp³-hybridized carbons (Fsp3) is 0.114. The quantitative estimate of drug-likeness (QED) is 0.193. The molecule has 0 saturated carbocycles. The summed E-state index contributed by atoms with van der Waals surface area (Å²) in [5.41, 5.74) is 3.69. The van der Waals surface area contributed by atoms with Gasteiger partial charge in [0, 0.05) is 16.3 Å². The predicted molar refractivity (Wildman–Crippen MR) is 166 cm³/mol. The molecule has 1 saturated heterocycles. The summed E-state index contributed by atoms with van der Waals surface area (Å²) in [4.78, 5) is 16.7. The van der Waals surface area contributed by atoms with Crippen molar-refractivity contribution in [2.75, 3.05) is 12.0 Å². The molecule has 5 nitrogen and oxygen atoms in total. The van der Waals surface area contributed by atoms with Gasteiger partial charge < -0.3 is 4.74 Å². The highest BCUT2D eigenvalue weighted by Gasteiger charge is 2.55. The van der Waals surface area contributed by atoms with Crippen LogP contribution >= 0.6 is 7.29 Å². The number of hydrogen-bond acceptors (Lipinski definition) is 3. The van der Waals surface area contributed by atoms with E-state index in [1.165, 1.54) is 0 Å². The van der Waals surface area contributed by atoms with Gasteiger partial charge in [-0.1, -0.05) is 96.6 Å². The summed E-state index contributed by atoms with van der Waals surface area (Å²) >= 11 is 0. The van der Waals surface area contributed by atoms with Crippen LogP contribution in [0.1, 0.15) is 28.8 Å². The van der Waals surface area contributed by atoms with Crippen LogP contribution in [0.25, 0.3) is 0 Å². The van der Waals surface area contributed by atoms with Crippen molar-refractivity contribution in [2.24, 2.45) is 0 Å². The van der Waals surface area contributed by atoms with E-state index in [2.05, 4.69) is 0 Å². The van der Waals surface area contributed by atoms with Crippen LogP contribution in [0.2, 0.25) is 0 Å². The second-order valence-electron chi connectivity index (χ2n) is 10.2. The van der Waals surface area contributed by atoms with Crippen LogP contribution in [0.4, 0.5) is 10.5 Å². The molecule has 2 atom stereocenters. The molecule has 5 aromatic carbocycles. The summed E-state index contributed by atoms with van der Waals surface area (Å²) in [5, 5.41) is 1.22. The zero-order valence-electron chi connectivity index (χ0n) is 23.0. The van der Waals surface area contributed by atoms with Crippen molar-refractivity contribution in [2.45, 2.75) is 19.0 Å². The number of aryl methyl sites for hydroxylation is 1. The van der Waals surface area contributed by atoms with Gasteiger partial charge in [0.1, 0.15) is 5.75 Å². The van der Waals surface area contributed by atoms with E-state index < -0.39 is 19.4 Å². The third-order valence-corrected chi connectivity index (χ3v) is 10.7. The van der Waals surface area contributed by atoms with E-state index in [0.29, 0.717) is 22.0 Å². The number of hydrogen-bond donors (Lipinski definition) is 0. The molecule has 41 heavy (non-hydrogen) atoms. The number of benzene rings is 5. The zero-order valence-corrected chi connectivity index (χ0v) is 23.9. The molecular formula is C35H31N2O3P. The first-order valence-electron chi connectivity index (χ1n) is 13.6. The van der Waals surface area contributed by atoms with Gasteiger partial charge in [-0.3, -0.25) is 14.1 Å². The second-order valence-corrected chi connectivity index (χ2v) is 12.8. The first-order valence-corrected chi connectivity index (χ1v) is 15.3. The monoisotopic (exact) mass is 558 g/mol. The Kier molecular flexibility index (Phi) is 7.21. The van der Waals surface area contributed by atoms with Crippen molar-refractivity contribution < 1.29 is 14.1 Å². The third-order valence-electron chi connectivity index (χ3n) is 7.67. The maximum absolute atomic E-state index is 15.8. The lowest BCUT2D eigenvalue weighted by atomic mass is 9.93. The lowest BCUT2D eigenvalue weighted by molar-refractivity contribution is 0.234. The molecule has 6 rings (SSSR count). The van der Waals surface area contributed by atoms with E-state index in [1.54, 1.807) is 16.7 Å². The van der Waals surface area contributed by atoms with E-state index in [4.69, 9.17) is 4.74 Å². The van der Waals surface area contributed by atoms with E-state index in [0.717, 1.165) is 16.7 Å². The van der Waals surface area contributed by atoms with Crippen LogP contribution in [-0.4, -0.2) is 17.8 Å². The Morgan fingerprint density at radius 2 is 1.10 bits per heavy atom. The van der Waals surface area contributed by atoms with Crippen LogP contribution in [0.3, 0.4) is 0 Å². The van der Waals surface area contributed by atoms with Crippen LogP contribution in [-0.2, 0) is 4.57 Å². The summed E-state index contributed by atoms with van der Waals surface area (Å²) in [6.45, 7) is 2.04. The first-order chi connectivity index (χ1) is 20.0. The van der Waals surface area contributed by atoms with Crippen molar-refractivity contribution in [1.82, 2.24) is 4.67 Å². The van der Waals surface area contributed by atoms with Gasteiger partial charge in [0.2, 0.25) is 7.29 Å².